The predicted octanol–water partition coefficient (Wildman–Crippen LogP) is 3.59. The molecule has 0 bridgehead atoms. The number of sulfonamides is 1. The van der Waals surface area contributed by atoms with Crippen LogP contribution in [0.4, 0.5) is 0 Å². The maximum absolute atomic E-state index is 12.2. The van der Waals surface area contributed by atoms with Gasteiger partial charge in [0, 0.05) is 15.9 Å². The molecule has 3 nitrogen and oxygen atoms in total. The summed E-state index contributed by atoms with van der Waals surface area (Å²) in [7, 11) is -3.48. The van der Waals surface area contributed by atoms with Crippen LogP contribution in [-0.4, -0.2) is 19.8 Å². The van der Waals surface area contributed by atoms with Crippen molar-refractivity contribution < 1.29 is 8.42 Å². The highest BCUT2D eigenvalue weighted by molar-refractivity contribution is 9.10. The number of nitrogens with one attached hydrogen (secondary N) is 1. The molecule has 0 aromatic carbocycles. The standard InChI is InChI=1S/C10H15BrClNO2S2/c1-3-10(2,5-6-12)13-17(14,15)9-8(11)4-7-16-9/h4,7,13H,3,5-6H2,1-2H3. The average molecular weight is 361 g/mol. The van der Waals surface area contributed by atoms with E-state index in [-0.39, 0.29) is 0 Å². The summed E-state index contributed by atoms with van der Waals surface area (Å²) in [6, 6.07) is 1.73. The van der Waals surface area contributed by atoms with Crippen LogP contribution in [-0.2, 0) is 10.0 Å². The highest BCUT2D eigenvalue weighted by Gasteiger charge is 2.30. The summed E-state index contributed by atoms with van der Waals surface area (Å²) in [5.41, 5.74) is -0.496. The largest absolute Gasteiger partial charge is 0.251 e. The minimum absolute atomic E-state index is 0.312. The van der Waals surface area contributed by atoms with E-state index in [0.717, 1.165) is 0 Å². The molecular weight excluding hydrogens is 346 g/mol. The second kappa shape index (κ2) is 6.02. The van der Waals surface area contributed by atoms with E-state index >= 15 is 0 Å². The molecule has 0 aliphatic heterocycles. The molecule has 1 aromatic heterocycles. The van der Waals surface area contributed by atoms with Crippen LogP contribution in [0.3, 0.4) is 0 Å². The van der Waals surface area contributed by atoms with Crippen molar-refractivity contribution in [3.8, 4) is 0 Å². The van der Waals surface area contributed by atoms with Gasteiger partial charge in [0.2, 0.25) is 0 Å². The van der Waals surface area contributed by atoms with Gasteiger partial charge in [-0.05, 0) is 47.1 Å². The van der Waals surface area contributed by atoms with Crippen LogP contribution >= 0.6 is 38.9 Å². The molecule has 0 radical (unpaired) electrons. The lowest BCUT2D eigenvalue weighted by atomic mass is 9.97. The van der Waals surface area contributed by atoms with Crippen LogP contribution in [0.25, 0.3) is 0 Å². The molecule has 0 aliphatic rings. The minimum atomic E-state index is -3.48. The van der Waals surface area contributed by atoms with Crippen LogP contribution in [0.1, 0.15) is 26.7 Å². The first-order valence-corrected chi connectivity index (χ1v) is 8.86. The Hall–Kier alpha value is 0.380. The molecule has 7 heteroatoms. The van der Waals surface area contributed by atoms with Crippen LogP contribution in [0.15, 0.2) is 20.1 Å². The molecule has 0 spiro atoms. The van der Waals surface area contributed by atoms with E-state index in [1.807, 2.05) is 13.8 Å². The normalized spacial score (nSPS) is 15.8. The number of halogens is 2. The number of rotatable bonds is 6. The zero-order valence-corrected chi connectivity index (χ0v) is 13.6. The van der Waals surface area contributed by atoms with Crippen molar-refractivity contribution in [1.29, 1.82) is 0 Å². The lowest BCUT2D eigenvalue weighted by molar-refractivity contribution is 0.391. The maximum Gasteiger partial charge on any atom is 0.251 e. The Bertz CT molecular complexity index is 474. The first kappa shape index (κ1) is 15.4. The molecule has 1 heterocycles. The second-order valence-corrected chi connectivity index (χ2v) is 8.04. The van der Waals surface area contributed by atoms with Crippen molar-refractivity contribution in [2.24, 2.45) is 0 Å². The van der Waals surface area contributed by atoms with Gasteiger partial charge in [-0.3, -0.25) is 0 Å². The zero-order chi connectivity index (χ0) is 13.1. The average Bonchev–Trinajstić information content (AvgIpc) is 2.65. The van der Waals surface area contributed by atoms with E-state index in [9.17, 15) is 8.42 Å². The summed E-state index contributed by atoms with van der Waals surface area (Å²) in [5.74, 6) is 0.429. The van der Waals surface area contributed by atoms with Crippen molar-refractivity contribution in [1.82, 2.24) is 4.72 Å². The molecule has 1 atom stereocenters. The number of alkyl halides is 1. The highest BCUT2D eigenvalue weighted by Crippen LogP contribution is 2.29. The Morgan fingerprint density at radius 2 is 2.24 bits per heavy atom. The predicted molar refractivity (Wildman–Crippen MR) is 76.4 cm³/mol. The molecule has 0 aliphatic carbocycles. The van der Waals surface area contributed by atoms with E-state index in [4.69, 9.17) is 11.6 Å². The van der Waals surface area contributed by atoms with Gasteiger partial charge in [-0.15, -0.1) is 22.9 Å². The SMILES string of the molecule is CCC(C)(CCCl)NS(=O)(=O)c1sccc1Br. The molecule has 1 unspecified atom stereocenters. The topological polar surface area (TPSA) is 46.2 Å². The lowest BCUT2D eigenvalue weighted by Crippen LogP contribution is -2.45. The molecule has 0 fully saturated rings. The van der Waals surface area contributed by atoms with Gasteiger partial charge in [0.05, 0.1) is 0 Å². The molecular formula is C10H15BrClNO2S2. The lowest BCUT2D eigenvalue weighted by Gasteiger charge is -2.28. The van der Waals surface area contributed by atoms with Crippen LogP contribution in [0, 0.1) is 0 Å². The van der Waals surface area contributed by atoms with E-state index in [1.54, 1.807) is 11.4 Å². The van der Waals surface area contributed by atoms with Gasteiger partial charge < -0.3 is 0 Å². The Labute approximate surface area is 120 Å². The van der Waals surface area contributed by atoms with E-state index in [0.29, 0.717) is 27.4 Å². The van der Waals surface area contributed by atoms with Crippen LogP contribution < -0.4 is 4.72 Å². The fraction of sp³-hybridized carbons (Fsp3) is 0.600. The molecule has 0 saturated heterocycles. The van der Waals surface area contributed by atoms with Gasteiger partial charge in [-0.25, -0.2) is 13.1 Å². The van der Waals surface area contributed by atoms with Gasteiger partial charge in [0.15, 0.2) is 0 Å². The van der Waals surface area contributed by atoms with Crippen molar-refractivity contribution >= 4 is 48.9 Å². The summed E-state index contributed by atoms with van der Waals surface area (Å²) in [6.45, 7) is 3.81. The Morgan fingerprint density at radius 1 is 1.59 bits per heavy atom. The molecule has 1 N–H and O–H groups in total. The van der Waals surface area contributed by atoms with E-state index in [2.05, 4.69) is 20.7 Å². The van der Waals surface area contributed by atoms with Gasteiger partial charge in [-0.2, -0.15) is 0 Å². The molecule has 17 heavy (non-hydrogen) atoms. The molecule has 1 rings (SSSR count). The van der Waals surface area contributed by atoms with E-state index < -0.39 is 15.6 Å². The summed E-state index contributed by atoms with van der Waals surface area (Å²) < 4.78 is 28.0. The van der Waals surface area contributed by atoms with Crippen LogP contribution in [0.5, 0.6) is 0 Å². The summed E-state index contributed by atoms with van der Waals surface area (Å²) in [5, 5.41) is 1.74. The highest BCUT2D eigenvalue weighted by atomic mass is 79.9. The summed E-state index contributed by atoms with van der Waals surface area (Å²) in [6.07, 6.45) is 1.30. The number of thiophene rings is 1. The van der Waals surface area contributed by atoms with Gasteiger partial charge in [0.25, 0.3) is 10.0 Å². The van der Waals surface area contributed by atoms with Gasteiger partial charge in [0.1, 0.15) is 4.21 Å². The maximum atomic E-state index is 12.2. The summed E-state index contributed by atoms with van der Waals surface area (Å²) >= 11 is 10.1. The molecule has 0 amide bonds. The van der Waals surface area contributed by atoms with Gasteiger partial charge in [-0.1, -0.05) is 6.92 Å². The molecule has 98 valence electrons. The minimum Gasteiger partial charge on any atom is -0.206 e. The Morgan fingerprint density at radius 3 is 2.65 bits per heavy atom. The van der Waals surface area contributed by atoms with Gasteiger partial charge >= 0.3 is 0 Å². The van der Waals surface area contributed by atoms with Crippen LogP contribution in [0.2, 0.25) is 0 Å². The summed E-state index contributed by atoms with van der Waals surface area (Å²) in [4.78, 5) is 0. The quantitative estimate of drug-likeness (QED) is 0.788. The second-order valence-electron chi connectivity index (χ2n) is 4.01. The Kier molecular flexibility index (Phi) is 5.46. The monoisotopic (exact) mass is 359 g/mol. The van der Waals surface area contributed by atoms with Crippen molar-refractivity contribution in [3.63, 3.8) is 0 Å². The third kappa shape index (κ3) is 3.92. The Balaban J connectivity index is 2.98. The van der Waals surface area contributed by atoms with E-state index in [1.165, 1.54) is 11.3 Å². The first-order valence-electron chi connectivity index (χ1n) is 5.17. The fourth-order valence-electron chi connectivity index (χ4n) is 1.35. The number of hydrogen-bond donors (Lipinski definition) is 1. The first-order chi connectivity index (χ1) is 7.84. The van der Waals surface area contributed by atoms with Crippen molar-refractivity contribution in [2.45, 2.75) is 36.4 Å². The third-order valence-electron chi connectivity index (χ3n) is 2.64. The molecule has 1 aromatic rings. The van der Waals surface area contributed by atoms with Crippen molar-refractivity contribution in [3.05, 3.63) is 15.9 Å². The smallest absolute Gasteiger partial charge is 0.206 e. The number of hydrogen-bond acceptors (Lipinski definition) is 3. The molecule has 0 saturated carbocycles. The fourth-order valence-corrected chi connectivity index (χ4v) is 5.61. The zero-order valence-electron chi connectivity index (χ0n) is 9.66. The third-order valence-corrected chi connectivity index (χ3v) is 7.13. The van der Waals surface area contributed by atoms with Crippen molar-refractivity contribution in [2.75, 3.05) is 5.88 Å².